The Balaban J connectivity index is 1.40. The number of hydrogen-bond donors (Lipinski definition) is 1. The molecule has 1 aliphatic carbocycles. The van der Waals surface area contributed by atoms with Gasteiger partial charge in [0.2, 0.25) is 0 Å². The molecule has 0 radical (unpaired) electrons. The minimum atomic E-state index is 0.0171. The number of imidazole rings is 1. The average Bonchev–Trinajstić information content (AvgIpc) is 3.30. The van der Waals surface area contributed by atoms with Gasteiger partial charge in [-0.1, -0.05) is 0 Å². The summed E-state index contributed by atoms with van der Waals surface area (Å²) in [6.07, 6.45) is 8.07. The van der Waals surface area contributed by atoms with E-state index in [1.54, 1.807) is 6.20 Å². The highest BCUT2D eigenvalue weighted by molar-refractivity contribution is 5.74. The fourth-order valence-electron chi connectivity index (χ4n) is 3.09. The highest BCUT2D eigenvalue weighted by Crippen LogP contribution is 2.36. The second-order valence-electron chi connectivity index (χ2n) is 6.06. The first kappa shape index (κ1) is 13.6. The topological polar surface area (TPSA) is 58.9 Å². The molecule has 3 heterocycles. The highest BCUT2D eigenvalue weighted by atomic mass is 16.5. The summed E-state index contributed by atoms with van der Waals surface area (Å²) >= 11 is 0. The van der Waals surface area contributed by atoms with E-state index < -0.39 is 0 Å². The summed E-state index contributed by atoms with van der Waals surface area (Å²) in [5, 5.41) is 3.03. The largest absolute Gasteiger partial charge is 0.377 e. The van der Waals surface area contributed by atoms with Gasteiger partial charge in [-0.3, -0.25) is 0 Å². The van der Waals surface area contributed by atoms with Gasteiger partial charge in [-0.2, -0.15) is 0 Å². The van der Waals surface area contributed by atoms with E-state index in [0.717, 1.165) is 11.2 Å². The molecule has 22 heavy (non-hydrogen) atoms. The van der Waals surface area contributed by atoms with E-state index in [1.165, 1.54) is 12.8 Å². The van der Waals surface area contributed by atoms with E-state index in [0.29, 0.717) is 32.2 Å². The summed E-state index contributed by atoms with van der Waals surface area (Å²) in [6, 6.07) is 4.27. The van der Waals surface area contributed by atoms with Crippen molar-refractivity contribution in [2.24, 2.45) is 5.92 Å². The Morgan fingerprint density at radius 1 is 1.41 bits per heavy atom. The van der Waals surface area contributed by atoms with Crippen LogP contribution in [0.2, 0.25) is 0 Å². The Kier molecular flexibility index (Phi) is 3.46. The van der Waals surface area contributed by atoms with E-state index in [1.807, 2.05) is 33.8 Å². The monoisotopic (exact) mass is 300 g/mol. The van der Waals surface area contributed by atoms with Gasteiger partial charge >= 0.3 is 6.03 Å². The third-order valence-electron chi connectivity index (χ3n) is 4.50. The van der Waals surface area contributed by atoms with Crippen molar-refractivity contribution in [1.29, 1.82) is 0 Å². The zero-order valence-corrected chi connectivity index (χ0v) is 12.4. The Labute approximate surface area is 129 Å². The zero-order valence-electron chi connectivity index (χ0n) is 12.4. The quantitative estimate of drug-likeness (QED) is 0.938. The average molecular weight is 300 g/mol. The number of morpholine rings is 1. The van der Waals surface area contributed by atoms with Gasteiger partial charge in [-0.05, 0) is 36.5 Å². The molecule has 116 valence electrons. The Morgan fingerprint density at radius 3 is 3.18 bits per heavy atom. The van der Waals surface area contributed by atoms with Gasteiger partial charge in [-0.25, -0.2) is 9.78 Å². The molecule has 2 amide bonds. The summed E-state index contributed by atoms with van der Waals surface area (Å²) in [7, 11) is 0. The van der Waals surface area contributed by atoms with Gasteiger partial charge in [0.05, 0.1) is 19.3 Å². The number of amides is 2. The lowest BCUT2D eigenvalue weighted by Gasteiger charge is -2.35. The predicted octanol–water partition coefficient (Wildman–Crippen LogP) is 1.65. The van der Waals surface area contributed by atoms with Gasteiger partial charge in [0.1, 0.15) is 5.65 Å². The number of fused-ring (bicyclic) bond motifs is 1. The number of hydrogen-bond acceptors (Lipinski definition) is 3. The molecule has 1 unspecified atom stereocenters. The van der Waals surface area contributed by atoms with E-state index >= 15 is 0 Å². The number of carbonyl (C=O) groups excluding carboxylic acids is 1. The summed E-state index contributed by atoms with van der Waals surface area (Å²) in [6.45, 7) is 2.53. The van der Waals surface area contributed by atoms with E-state index in [9.17, 15) is 4.79 Å². The minimum Gasteiger partial charge on any atom is -0.377 e. The molecule has 2 aromatic heterocycles. The molecular weight excluding hydrogens is 280 g/mol. The van der Waals surface area contributed by atoms with Gasteiger partial charge in [0.25, 0.3) is 0 Å². The zero-order chi connectivity index (χ0) is 14.9. The Hall–Kier alpha value is -2.08. The molecule has 0 spiro atoms. The number of ether oxygens (including phenoxy) is 1. The molecule has 1 aliphatic heterocycles. The lowest BCUT2D eigenvalue weighted by molar-refractivity contribution is 0.00463. The van der Waals surface area contributed by atoms with Gasteiger partial charge < -0.3 is 19.4 Å². The number of pyridine rings is 1. The minimum absolute atomic E-state index is 0.0171. The maximum Gasteiger partial charge on any atom is 0.318 e. The van der Waals surface area contributed by atoms with Crippen molar-refractivity contribution in [1.82, 2.24) is 19.6 Å². The van der Waals surface area contributed by atoms with Crippen molar-refractivity contribution in [2.75, 3.05) is 19.8 Å². The van der Waals surface area contributed by atoms with Crippen molar-refractivity contribution in [3.63, 3.8) is 0 Å². The summed E-state index contributed by atoms with van der Waals surface area (Å²) < 4.78 is 7.49. The second kappa shape index (κ2) is 5.61. The van der Waals surface area contributed by atoms with Crippen LogP contribution in [0, 0.1) is 5.92 Å². The molecule has 6 nitrogen and oxygen atoms in total. The number of aromatic nitrogens is 2. The third kappa shape index (κ3) is 2.66. The molecule has 0 bridgehead atoms. The second-order valence-corrected chi connectivity index (χ2v) is 6.06. The molecule has 4 rings (SSSR count). The van der Waals surface area contributed by atoms with Crippen molar-refractivity contribution >= 4 is 11.7 Å². The number of nitrogens with one attached hydrogen (secondary N) is 1. The molecule has 6 heteroatoms. The molecule has 1 atom stereocenters. The third-order valence-corrected chi connectivity index (χ3v) is 4.50. The SMILES string of the molecule is O=C(NCc1ccn2ccnc2c1)N1CCOCC1C1CC1. The van der Waals surface area contributed by atoms with Crippen LogP contribution in [0.3, 0.4) is 0 Å². The lowest BCUT2D eigenvalue weighted by atomic mass is 10.1. The molecule has 1 saturated heterocycles. The fourth-order valence-corrected chi connectivity index (χ4v) is 3.09. The van der Waals surface area contributed by atoms with Crippen LogP contribution in [0.5, 0.6) is 0 Å². The number of urea groups is 1. The van der Waals surface area contributed by atoms with Crippen LogP contribution in [0.1, 0.15) is 18.4 Å². The van der Waals surface area contributed by atoms with Gasteiger partial charge in [0.15, 0.2) is 0 Å². The lowest BCUT2D eigenvalue weighted by Crippen LogP contribution is -2.53. The van der Waals surface area contributed by atoms with Crippen LogP contribution >= 0.6 is 0 Å². The van der Waals surface area contributed by atoms with Crippen LogP contribution in [0.4, 0.5) is 4.79 Å². The smallest absolute Gasteiger partial charge is 0.318 e. The maximum absolute atomic E-state index is 12.5. The fraction of sp³-hybridized carbons (Fsp3) is 0.500. The van der Waals surface area contributed by atoms with Gasteiger partial charge in [0, 0.05) is 31.7 Å². The summed E-state index contributed by atoms with van der Waals surface area (Å²) in [5.74, 6) is 0.632. The number of carbonyl (C=O) groups is 1. The molecule has 2 aliphatic rings. The van der Waals surface area contributed by atoms with Crippen LogP contribution in [-0.4, -0.2) is 46.1 Å². The first-order valence-corrected chi connectivity index (χ1v) is 7.85. The van der Waals surface area contributed by atoms with Crippen molar-refractivity contribution in [3.8, 4) is 0 Å². The molecule has 0 aromatic carbocycles. The van der Waals surface area contributed by atoms with Crippen LogP contribution in [-0.2, 0) is 11.3 Å². The van der Waals surface area contributed by atoms with Crippen LogP contribution in [0.15, 0.2) is 30.7 Å². The maximum atomic E-state index is 12.5. The Morgan fingerprint density at radius 2 is 2.32 bits per heavy atom. The van der Waals surface area contributed by atoms with E-state index in [4.69, 9.17) is 4.74 Å². The summed E-state index contributed by atoms with van der Waals surface area (Å²) in [4.78, 5) is 18.7. The first-order valence-electron chi connectivity index (χ1n) is 7.85. The first-order chi connectivity index (χ1) is 10.8. The Bertz CT molecular complexity index is 680. The van der Waals surface area contributed by atoms with Crippen molar-refractivity contribution in [3.05, 3.63) is 36.3 Å². The number of nitrogens with zero attached hydrogens (tertiary/aromatic N) is 3. The standard InChI is InChI=1S/C16H20N4O2/c21-16(20-7-8-22-11-14(20)13-1-2-13)18-10-12-3-5-19-6-4-17-15(19)9-12/h3-6,9,13-14H,1-2,7-8,10-11H2,(H,18,21). The molecule has 1 saturated carbocycles. The van der Waals surface area contributed by atoms with E-state index in [2.05, 4.69) is 10.3 Å². The predicted molar refractivity (Wildman–Crippen MR) is 81.5 cm³/mol. The van der Waals surface area contributed by atoms with Gasteiger partial charge in [-0.15, -0.1) is 0 Å². The molecule has 2 fully saturated rings. The highest BCUT2D eigenvalue weighted by Gasteiger charge is 2.39. The summed E-state index contributed by atoms with van der Waals surface area (Å²) in [5.41, 5.74) is 1.96. The van der Waals surface area contributed by atoms with E-state index in [-0.39, 0.29) is 12.1 Å². The number of rotatable bonds is 3. The van der Waals surface area contributed by atoms with Crippen molar-refractivity contribution in [2.45, 2.75) is 25.4 Å². The van der Waals surface area contributed by atoms with Crippen LogP contribution < -0.4 is 5.32 Å². The normalized spacial score (nSPS) is 22.0. The molecular formula is C16H20N4O2. The van der Waals surface area contributed by atoms with Crippen LogP contribution in [0.25, 0.3) is 5.65 Å². The van der Waals surface area contributed by atoms with Crippen molar-refractivity contribution < 1.29 is 9.53 Å². The molecule has 2 aromatic rings. The molecule has 1 N–H and O–H groups in total.